The van der Waals surface area contributed by atoms with Crippen LogP contribution in [-0.4, -0.2) is 34.6 Å². The molecule has 112 valence electrons. The van der Waals surface area contributed by atoms with E-state index in [1.54, 1.807) is 0 Å². The monoisotopic (exact) mass is 284 g/mol. The van der Waals surface area contributed by atoms with Crippen molar-refractivity contribution in [2.75, 3.05) is 19.6 Å². The molecule has 3 rings (SSSR count). The molecule has 1 aliphatic rings. The van der Waals surface area contributed by atoms with Crippen molar-refractivity contribution in [1.82, 2.24) is 9.88 Å². The van der Waals surface area contributed by atoms with Crippen molar-refractivity contribution in [2.45, 2.75) is 38.7 Å². The molecule has 0 radical (unpaired) electrons. The van der Waals surface area contributed by atoms with Crippen LogP contribution in [0.1, 0.15) is 37.4 Å². The van der Waals surface area contributed by atoms with Crippen LogP contribution < -0.4 is 0 Å². The molecule has 2 aromatic rings. The number of piperidine rings is 1. The molecule has 1 N–H and O–H groups in total. The van der Waals surface area contributed by atoms with Gasteiger partial charge in [-0.2, -0.15) is 0 Å². The van der Waals surface area contributed by atoms with E-state index in [4.69, 9.17) is 0 Å². The number of aromatic nitrogens is 1. The van der Waals surface area contributed by atoms with Crippen LogP contribution in [0.25, 0.3) is 10.9 Å². The normalized spacial score (nSPS) is 19.0. The third-order valence-electron chi connectivity index (χ3n) is 4.59. The fraction of sp³-hybridized carbons (Fsp3) is 0.500. The Morgan fingerprint density at radius 2 is 1.95 bits per heavy atom. The molecule has 0 unspecified atom stereocenters. The highest BCUT2D eigenvalue weighted by atomic mass is 16.3. The molecule has 1 aliphatic heterocycles. The Kier molecular flexibility index (Phi) is 3.96. The van der Waals surface area contributed by atoms with E-state index < -0.39 is 5.60 Å². The van der Waals surface area contributed by atoms with Crippen molar-refractivity contribution >= 4 is 10.9 Å². The van der Waals surface area contributed by atoms with E-state index >= 15 is 0 Å². The second-order valence-corrected chi connectivity index (χ2v) is 6.23. The lowest BCUT2D eigenvalue weighted by molar-refractivity contribution is -0.0256. The number of nitrogens with zero attached hydrogens (tertiary/aromatic N) is 2. The van der Waals surface area contributed by atoms with Crippen LogP contribution in [0.4, 0.5) is 0 Å². The van der Waals surface area contributed by atoms with Crippen LogP contribution in [-0.2, 0) is 5.60 Å². The van der Waals surface area contributed by atoms with Crippen molar-refractivity contribution in [3.8, 4) is 0 Å². The molecular weight excluding hydrogens is 260 g/mol. The van der Waals surface area contributed by atoms with E-state index in [1.807, 2.05) is 25.1 Å². The lowest BCUT2D eigenvalue weighted by Crippen LogP contribution is -2.42. The fourth-order valence-electron chi connectivity index (χ4n) is 3.27. The molecule has 1 aromatic carbocycles. The Morgan fingerprint density at radius 3 is 2.67 bits per heavy atom. The maximum Gasteiger partial charge on any atom is 0.0921 e. The summed E-state index contributed by atoms with van der Waals surface area (Å²) in [6.07, 6.45) is 2.81. The van der Waals surface area contributed by atoms with Crippen molar-refractivity contribution in [3.63, 3.8) is 0 Å². The van der Waals surface area contributed by atoms with Gasteiger partial charge in [-0.15, -0.1) is 0 Å². The minimum absolute atomic E-state index is 0.677. The molecule has 3 nitrogen and oxygen atoms in total. The number of aryl methyl sites for hydroxylation is 1. The quantitative estimate of drug-likeness (QED) is 0.940. The largest absolute Gasteiger partial charge is 0.385 e. The Bertz CT molecular complexity index is 630. The van der Waals surface area contributed by atoms with Gasteiger partial charge in [0.2, 0.25) is 0 Å². The summed E-state index contributed by atoms with van der Waals surface area (Å²) in [6, 6.07) is 10.3. The van der Waals surface area contributed by atoms with Gasteiger partial charge in [-0.3, -0.25) is 4.98 Å². The lowest BCUT2D eigenvalue weighted by Gasteiger charge is -2.38. The summed E-state index contributed by atoms with van der Waals surface area (Å²) in [6.45, 7) is 7.31. The first-order valence-electron chi connectivity index (χ1n) is 7.93. The van der Waals surface area contributed by atoms with E-state index in [-0.39, 0.29) is 0 Å². The van der Waals surface area contributed by atoms with Gasteiger partial charge in [0.25, 0.3) is 0 Å². The zero-order valence-corrected chi connectivity index (χ0v) is 13.0. The maximum atomic E-state index is 11.0. The fourth-order valence-corrected chi connectivity index (χ4v) is 3.27. The SMILES string of the molecule is CCCN1CCC(O)(c2ccc3nc(C)ccc3c2)CC1. The molecule has 0 saturated carbocycles. The van der Waals surface area contributed by atoms with Gasteiger partial charge in [-0.1, -0.05) is 19.1 Å². The minimum Gasteiger partial charge on any atom is -0.385 e. The molecule has 0 bridgehead atoms. The third kappa shape index (κ3) is 2.94. The summed E-state index contributed by atoms with van der Waals surface area (Å²) in [5.41, 5.74) is 2.40. The van der Waals surface area contributed by atoms with Gasteiger partial charge in [0.05, 0.1) is 11.1 Å². The van der Waals surface area contributed by atoms with Crippen LogP contribution in [0.15, 0.2) is 30.3 Å². The Balaban J connectivity index is 1.84. The molecule has 1 saturated heterocycles. The third-order valence-corrected chi connectivity index (χ3v) is 4.59. The van der Waals surface area contributed by atoms with Crippen molar-refractivity contribution in [3.05, 3.63) is 41.6 Å². The Hall–Kier alpha value is -1.45. The predicted molar refractivity (Wildman–Crippen MR) is 86.3 cm³/mol. The number of fused-ring (bicyclic) bond motifs is 1. The molecule has 0 aliphatic carbocycles. The van der Waals surface area contributed by atoms with E-state index in [2.05, 4.69) is 28.9 Å². The predicted octanol–water partition coefficient (Wildman–Crippen LogP) is 3.24. The molecule has 0 spiro atoms. The van der Waals surface area contributed by atoms with Gasteiger partial charge in [-0.05, 0) is 56.5 Å². The number of rotatable bonds is 3. The number of aliphatic hydroxyl groups is 1. The van der Waals surface area contributed by atoms with Crippen LogP contribution in [0.5, 0.6) is 0 Å². The van der Waals surface area contributed by atoms with E-state index in [9.17, 15) is 5.11 Å². The maximum absolute atomic E-state index is 11.0. The summed E-state index contributed by atoms with van der Waals surface area (Å²) < 4.78 is 0. The molecule has 2 heterocycles. The molecule has 1 fully saturated rings. The van der Waals surface area contributed by atoms with E-state index in [1.165, 1.54) is 6.42 Å². The molecular formula is C18H24N2O. The second-order valence-electron chi connectivity index (χ2n) is 6.23. The molecule has 0 amide bonds. The molecule has 0 atom stereocenters. The second kappa shape index (κ2) is 5.74. The summed E-state index contributed by atoms with van der Waals surface area (Å²) in [5.74, 6) is 0. The van der Waals surface area contributed by atoms with Gasteiger partial charge >= 0.3 is 0 Å². The number of hydrogen-bond donors (Lipinski definition) is 1. The lowest BCUT2D eigenvalue weighted by atomic mass is 9.84. The van der Waals surface area contributed by atoms with E-state index in [0.717, 1.165) is 54.6 Å². The molecule has 3 heteroatoms. The minimum atomic E-state index is -0.677. The highest BCUT2D eigenvalue weighted by Gasteiger charge is 2.33. The van der Waals surface area contributed by atoms with Gasteiger partial charge < -0.3 is 10.0 Å². The Labute approximate surface area is 126 Å². The first-order valence-corrected chi connectivity index (χ1v) is 7.93. The Morgan fingerprint density at radius 1 is 1.19 bits per heavy atom. The number of benzene rings is 1. The zero-order chi connectivity index (χ0) is 14.9. The van der Waals surface area contributed by atoms with Crippen LogP contribution >= 0.6 is 0 Å². The standard InChI is InChI=1S/C18H24N2O/c1-3-10-20-11-8-18(21,9-12-20)16-6-7-17-15(13-16)5-4-14(2)19-17/h4-7,13,21H,3,8-12H2,1-2H3. The van der Waals surface area contributed by atoms with Gasteiger partial charge in [0.15, 0.2) is 0 Å². The summed E-state index contributed by atoms with van der Waals surface area (Å²) >= 11 is 0. The van der Waals surface area contributed by atoms with Crippen molar-refractivity contribution < 1.29 is 5.11 Å². The first-order chi connectivity index (χ1) is 10.1. The number of likely N-dealkylation sites (tertiary alicyclic amines) is 1. The molecule has 21 heavy (non-hydrogen) atoms. The first kappa shape index (κ1) is 14.5. The summed E-state index contributed by atoms with van der Waals surface area (Å²) in [7, 11) is 0. The van der Waals surface area contributed by atoms with Crippen LogP contribution in [0.3, 0.4) is 0 Å². The van der Waals surface area contributed by atoms with Gasteiger partial charge in [0.1, 0.15) is 0 Å². The topological polar surface area (TPSA) is 36.4 Å². The zero-order valence-electron chi connectivity index (χ0n) is 13.0. The highest BCUT2D eigenvalue weighted by molar-refractivity contribution is 5.79. The molecule has 1 aromatic heterocycles. The average molecular weight is 284 g/mol. The van der Waals surface area contributed by atoms with Crippen molar-refractivity contribution in [2.24, 2.45) is 0 Å². The smallest absolute Gasteiger partial charge is 0.0921 e. The highest BCUT2D eigenvalue weighted by Crippen LogP contribution is 2.34. The van der Waals surface area contributed by atoms with Crippen molar-refractivity contribution in [1.29, 1.82) is 0 Å². The summed E-state index contributed by atoms with van der Waals surface area (Å²) in [4.78, 5) is 6.98. The van der Waals surface area contributed by atoms with Gasteiger partial charge in [-0.25, -0.2) is 0 Å². The average Bonchev–Trinajstić information content (AvgIpc) is 2.49. The van der Waals surface area contributed by atoms with Crippen LogP contribution in [0.2, 0.25) is 0 Å². The van der Waals surface area contributed by atoms with Crippen LogP contribution in [0, 0.1) is 6.92 Å². The van der Waals surface area contributed by atoms with E-state index in [0.29, 0.717) is 0 Å². The van der Waals surface area contributed by atoms with Gasteiger partial charge in [0, 0.05) is 24.2 Å². The number of pyridine rings is 1. The summed E-state index contributed by atoms with van der Waals surface area (Å²) in [5, 5.41) is 12.1. The number of hydrogen-bond acceptors (Lipinski definition) is 3.